The smallest absolute Gasteiger partial charge is 0.307 e. The molecule has 2 atom stereocenters. The summed E-state index contributed by atoms with van der Waals surface area (Å²) in [6.07, 6.45) is 2.87. The molecule has 2 unspecified atom stereocenters. The van der Waals surface area contributed by atoms with E-state index in [2.05, 4.69) is 32.6 Å². The molecule has 15 heavy (non-hydrogen) atoms. The van der Waals surface area contributed by atoms with E-state index in [0.717, 1.165) is 19.3 Å². The van der Waals surface area contributed by atoms with E-state index in [1.165, 1.54) is 0 Å². The van der Waals surface area contributed by atoms with Gasteiger partial charge in [-0.3, -0.25) is 9.69 Å². The topological polar surface area (TPSA) is 40.5 Å². The van der Waals surface area contributed by atoms with Crippen molar-refractivity contribution in [2.24, 2.45) is 5.92 Å². The quantitative estimate of drug-likeness (QED) is 0.782. The van der Waals surface area contributed by atoms with Gasteiger partial charge in [-0.1, -0.05) is 6.92 Å². The second-order valence-electron chi connectivity index (χ2n) is 5.30. The lowest BCUT2D eigenvalue weighted by atomic mass is 9.83. The van der Waals surface area contributed by atoms with Crippen LogP contribution in [0.3, 0.4) is 0 Å². The van der Waals surface area contributed by atoms with Gasteiger partial charge in [0.15, 0.2) is 0 Å². The second kappa shape index (κ2) is 4.52. The number of carboxylic acids is 1. The van der Waals surface area contributed by atoms with Crippen molar-refractivity contribution >= 4 is 5.97 Å². The first-order valence-corrected chi connectivity index (χ1v) is 5.88. The van der Waals surface area contributed by atoms with Crippen molar-refractivity contribution in [2.45, 2.75) is 58.5 Å². The third-order valence-electron chi connectivity index (χ3n) is 3.77. The van der Waals surface area contributed by atoms with Crippen molar-refractivity contribution in [3.8, 4) is 0 Å². The molecule has 1 saturated heterocycles. The molecule has 3 heteroatoms. The average molecular weight is 213 g/mol. The number of carboxylic acid groups (broad SMARTS) is 1. The maximum Gasteiger partial charge on any atom is 0.307 e. The van der Waals surface area contributed by atoms with Gasteiger partial charge in [0.2, 0.25) is 0 Å². The van der Waals surface area contributed by atoms with Gasteiger partial charge in [0.1, 0.15) is 0 Å². The Labute approximate surface area is 92.5 Å². The van der Waals surface area contributed by atoms with Crippen LogP contribution < -0.4 is 0 Å². The van der Waals surface area contributed by atoms with Gasteiger partial charge in [-0.2, -0.15) is 0 Å². The van der Waals surface area contributed by atoms with Crippen molar-refractivity contribution in [1.29, 1.82) is 0 Å². The summed E-state index contributed by atoms with van der Waals surface area (Å²) in [6, 6.07) is 0.474. The Kier molecular flexibility index (Phi) is 3.77. The molecule has 0 amide bonds. The summed E-state index contributed by atoms with van der Waals surface area (Å²) in [5.74, 6) is -0.814. The lowest BCUT2D eigenvalue weighted by Crippen LogP contribution is -2.55. The van der Waals surface area contributed by atoms with Gasteiger partial charge in [-0.05, 0) is 40.0 Å². The number of rotatable bonds is 3. The zero-order chi connectivity index (χ0) is 11.6. The first-order valence-electron chi connectivity index (χ1n) is 5.88. The van der Waals surface area contributed by atoms with Gasteiger partial charge in [-0.25, -0.2) is 0 Å². The third kappa shape index (κ3) is 2.71. The predicted molar refractivity (Wildman–Crippen MR) is 60.9 cm³/mol. The Balaban J connectivity index is 2.74. The highest BCUT2D eigenvalue weighted by Crippen LogP contribution is 2.32. The minimum absolute atomic E-state index is 0.154. The number of likely N-dealkylation sites (tertiary alicyclic amines) is 1. The van der Waals surface area contributed by atoms with Crippen molar-refractivity contribution in [3.63, 3.8) is 0 Å². The molecule has 0 bridgehead atoms. The molecule has 0 aromatic heterocycles. The number of piperidine rings is 1. The Morgan fingerprint density at radius 3 is 2.67 bits per heavy atom. The van der Waals surface area contributed by atoms with Crippen LogP contribution in [0.15, 0.2) is 0 Å². The van der Waals surface area contributed by atoms with E-state index in [9.17, 15) is 4.79 Å². The number of hydrogen-bond donors (Lipinski definition) is 1. The molecule has 1 heterocycles. The molecule has 1 aliphatic rings. The van der Waals surface area contributed by atoms with E-state index in [-0.39, 0.29) is 11.5 Å². The van der Waals surface area contributed by atoms with E-state index in [1.54, 1.807) is 0 Å². The van der Waals surface area contributed by atoms with Crippen LogP contribution in [-0.2, 0) is 4.79 Å². The summed E-state index contributed by atoms with van der Waals surface area (Å²) in [5, 5.41) is 9.05. The van der Waals surface area contributed by atoms with Gasteiger partial charge in [0.05, 0.1) is 5.92 Å². The fourth-order valence-electron chi connectivity index (χ4n) is 2.45. The molecular formula is C12H23NO2. The molecule has 0 saturated carbocycles. The maximum atomic E-state index is 11.0. The monoisotopic (exact) mass is 213 g/mol. The summed E-state index contributed by atoms with van der Waals surface area (Å²) in [4.78, 5) is 13.4. The standard InChI is InChI=1S/C12H23NO2/c1-5-9(2)13-8-10(11(14)15)6-7-12(13,3)4/h9-10H,5-8H2,1-4H3,(H,14,15). The highest BCUT2D eigenvalue weighted by atomic mass is 16.4. The SMILES string of the molecule is CCC(C)N1CC(C(=O)O)CCC1(C)C. The molecule has 1 aliphatic heterocycles. The molecule has 0 aromatic rings. The highest BCUT2D eigenvalue weighted by Gasteiger charge is 2.38. The molecule has 0 radical (unpaired) electrons. The number of aliphatic carboxylic acids is 1. The third-order valence-corrected chi connectivity index (χ3v) is 3.77. The van der Waals surface area contributed by atoms with Crippen molar-refractivity contribution in [1.82, 2.24) is 4.90 Å². The average Bonchev–Trinajstić information content (AvgIpc) is 2.15. The minimum Gasteiger partial charge on any atom is -0.481 e. The first-order chi connectivity index (χ1) is 6.88. The predicted octanol–water partition coefficient (Wildman–Crippen LogP) is 2.36. The van der Waals surface area contributed by atoms with E-state index in [1.807, 2.05) is 0 Å². The lowest BCUT2D eigenvalue weighted by molar-refractivity contribution is -0.145. The van der Waals surface area contributed by atoms with Crippen LogP contribution >= 0.6 is 0 Å². The first kappa shape index (κ1) is 12.5. The Morgan fingerprint density at radius 2 is 2.20 bits per heavy atom. The number of nitrogens with zero attached hydrogens (tertiary/aromatic N) is 1. The lowest BCUT2D eigenvalue weighted by Gasteiger charge is -2.47. The van der Waals surface area contributed by atoms with Crippen LogP contribution in [0.25, 0.3) is 0 Å². The molecule has 3 nitrogen and oxygen atoms in total. The van der Waals surface area contributed by atoms with Crippen LogP contribution in [0.2, 0.25) is 0 Å². The summed E-state index contributed by atoms with van der Waals surface area (Å²) < 4.78 is 0. The van der Waals surface area contributed by atoms with E-state index in [4.69, 9.17) is 5.11 Å². The molecule has 1 rings (SSSR count). The van der Waals surface area contributed by atoms with Crippen molar-refractivity contribution in [2.75, 3.05) is 6.54 Å². The summed E-state index contributed by atoms with van der Waals surface area (Å²) in [5.41, 5.74) is 0.154. The van der Waals surface area contributed by atoms with E-state index < -0.39 is 5.97 Å². The summed E-state index contributed by atoms with van der Waals surface area (Å²) >= 11 is 0. The van der Waals surface area contributed by atoms with Gasteiger partial charge in [0.25, 0.3) is 0 Å². The summed E-state index contributed by atoms with van der Waals surface area (Å²) in [6.45, 7) is 9.49. The molecule has 1 fully saturated rings. The van der Waals surface area contributed by atoms with Crippen LogP contribution in [0.1, 0.15) is 47.0 Å². The Hall–Kier alpha value is -0.570. The van der Waals surface area contributed by atoms with Gasteiger partial charge in [0, 0.05) is 18.1 Å². The van der Waals surface area contributed by atoms with Gasteiger partial charge >= 0.3 is 5.97 Å². The van der Waals surface area contributed by atoms with Crippen LogP contribution in [-0.4, -0.2) is 34.1 Å². The van der Waals surface area contributed by atoms with Crippen molar-refractivity contribution < 1.29 is 9.90 Å². The number of hydrogen-bond acceptors (Lipinski definition) is 2. The normalized spacial score (nSPS) is 28.7. The Bertz CT molecular complexity index is 238. The van der Waals surface area contributed by atoms with Crippen molar-refractivity contribution in [3.05, 3.63) is 0 Å². The van der Waals surface area contributed by atoms with Gasteiger partial charge < -0.3 is 5.11 Å². The van der Waals surface area contributed by atoms with Crippen LogP contribution in [0, 0.1) is 5.92 Å². The molecule has 0 spiro atoms. The van der Waals surface area contributed by atoms with Crippen LogP contribution in [0.5, 0.6) is 0 Å². The Morgan fingerprint density at radius 1 is 1.60 bits per heavy atom. The molecule has 88 valence electrons. The zero-order valence-corrected chi connectivity index (χ0v) is 10.3. The fraction of sp³-hybridized carbons (Fsp3) is 0.917. The minimum atomic E-state index is -0.640. The molecule has 1 N–H and O–H groups in total. The number of carbonyl (C=O) groups is 1. The summed E-state index contributed by atoms with van der Waals surface area (Å²) in [7, 11) is 0. The fourth-order valence-corrected chi connectivity index (χ4v) is 2.45. The van der Waals surface area contributed by atoms with Gasteiger partial charge in [-0.15, -0.1) is 0 Å². The largest absolute Gasteiger partial charge is 0.481 e. The highest BCUT2D eigenvalue weighted by molar-refractivity contribution is 5.70. The maximum absolute atomic E-state index is 11.0. The second-order valence-corrected chi connectivity index (χ2v) is 5.30. The molecular weight excluding hydrogens is 190 g/mol. The zero-order valence-electron chi connectivity index (χ0n) is 10.3. The van der Waals surface area contributed by atoms with Crippen LogP contribution in [0.4, 0.5) is 0 Å². The van der Waals surface area contributed by atoms with E-state index in [0.29, 0.717) is 12.6 Å². The molecule has 0 aliphatic carbocycles. The molecule has 0 aromatic carbocycles. The van der Waals surface area contributed by atoms with E-state index >= 15 is 0 Å².